The van der Waals surface area contributed by atoms with Crippen LogP contribution in [0, 0.1) is 11.3 Å². The molecule has 1 fully saturated rings. The van der Waals surface area contributed by atoms with Gasteiger partial charge in [-0.1, -0.05) is 27.2 Å². The van der Waals surface area contributed by atoms with Crippen LogP contribution in [-0.4, -0.2) is 25.8 Å². The summed E-state index contributed by atoms with van der Waals surface area (Å²) in [5.74, 6) is 0.818. The Hall–Kier alpha value is -0.0800. The van der Waals surface area contributed by atoms with Crippen LogP contribution in [-0.2, 0) is 4.74 Å². The molecule has 0 aliphatic heterocycles. The van der Waals surface area contributed by atoms with Crippen LogP contribution in [0.25, 0.3) is 0 Å². The molecule has 1 aliphatic carbocycles. The quantitative estimate of drug-likeness (QED) is 0.778. The molecule has 0 aromatic rings. The van der Waals surface area contributed by atoms with Crippen molar-refractivity contribution >= 4 is 0 Å². The van der Waals surface area contributed by atoms with E-state index in [9.17, 15) is 0 Å². The normalized spacial score (nSPS) is 31.7. The molecule has 0 bridgehead atoms. The largest absolute Gasteiger partial charge is 0.377 e. The second-order valence-electron chi connectivity index (χ2n) is 5.74. The maximum atomic E-state index is 5.89. The van der Waals surface area contributed by atoms with Crippen molar-refractivity contribution in [2.75, 3.05) is 13.7 Å². The van der Waals surface area contributed by atoms with E-state index in [1.807, 2.05) is 0 Å². The highest BCUT2D eigenvalue weighted by atomic mass is 16.5. The summed E-state index contributed by atoms with van der Waals surface area (Å²) in [6.45, 7) is 10.0. The summed E-state index contributed by atoms with van der Waals surface area (Å²) in [4.78, 5) is 0. The van der Waals surface area contributed by atoms with Gasteiger partial charge < -0.3 is 10.1 Å². The Morgan fingerprint density at radius 3 is 2.44 bits per heavy atom. The zero-order valence-corrected chi connectivity index (χ0v) is 11.7. The Labute approximate surface area is 101 Å². The second kappa shape index (κ2) is 6.02. The lowest BCUT2D eigenvalue weighted by molar-refractivity contribution is -0.0244. The first-order chi connectivity index (χ1) is 7.55. The van der Waals surface area contributed by atoms with Crippen molar-refractivity contribution in [1.82, 2.24) is 5.32 Å². The summed E-state index contributed by atoms with van der Waals surface area (Å²) in [6.07, 6.45) is 5.51. The van der Waals surface area contributed by atoms with Crippen LogP contribution < -0.4 is 5.32 Å². The van der Waals surface area contributed by atoms with Gasteiger partial charge in [0.25, 0.3) is 0 Å². The minimum atomic E-state index is 0.416. The molecule has 0 amide bonds. The highest BCUT2D eigenvalue weighted by Crippen LogP contribution is 2.41. The molecule has 2 heteroatoms. The zero-order chi connectivity index (χ0) is 12.2. The molecule has 0 radical (unpaired) electrons. The number of likely N-dealkylation sites (N-methyl/N-ethyl adjacent to an activating group) is 1. The first kappa shape index (κ1) is 14.0. The standard InChI is InChI=1S/C14H29NO/c1-6-14(3,4)11-8-9-12(15-5)13(10-11)16-7-2/h11-13,15H,6-10H2,1-5H3. The zero-order valence-electron chi connectivity index (χ0n) is 11.7. The topological polar surface area (TPSA) is 21.3 Å². The molecule has 96 valence electrons. The van der Waals surface area contributed by atoms with E-state index in [1.165, 1.54) is 25.7 Å². The van der Waals surface area contributed by atoms with Crippen molar-refractivity contribution in [2.24, 2.45) is 11.3 Å². The highest BCUT2D eigenvalue weighted by molar-refractivity contribution is 4.90. The summed E-state index contributed by atoms with van der Waals surface area (Å²) in [6, 6.07) is 0.559. The Morgan fingerprint density at radius 1 is 1.25 bits per heavy atom. The maximum absolute atomic E-state index is 5.89. The molecule has 1 N–H and O–H groups in total. The molecule has 1 saturated carbocycles. The summed E-state index contributed by atoms with van der Waals surface area (Å²) >= 11 is 0. The van der Waals surface area contributed by atoms with Crippen LogP contribution in [0.4, 0.5) is 0 Å². The number of rotatable bonds is 5. The van der Waals surface area contributed by atoms with Crippen molar-refractivity contribution in [3.63, 3.8) is 0 Å². The third-order valence-electron chi connectivity index (χ3n) is 4.56. The second-order valence-corrected chi connectivity index (χ2v) is 5.74. The lowest BCUT2D eigenvalue weighted by Gasteiger charge is -2.42. The molecule has 0 aromatic heterocycles. The Balaban J connectivity index is 2.61. The first-order valence-corrected chi connectivity index (χ1v) is 6.84. The van der Waals surface area contributed by atoms with E-state index < -0.39 is 0 Å². The lowest BCUT2D eigenvalue weighted by atomic mass is 9.68. The third-order valence-corrected chi connectivity index (χ3v) is 4.56. The number of ether oxygens (including phenoxy) is 1. The van der Waals surface area contributed by atoms with Gasteiger partial charge in [-0.15, -0.1) is 0 Å². The van der Waals surface area contributed by atoms with Gasteiger partial charge in [0.2, 0.25) is 0 Å². The first-order valence-electron chi connectivity index (χ1n) is 6.84. The molecule has 0 spiro atoms. The number of hydrogen-bond donors (Lipinski definition) is 1. The molecule has 1 rings (SSSR count). The van der Waals surface area contributed by atoms with Gasteiger partial charge in [-0.3, -0.25) is 0 Å². The van der Waals surface area contributed by atoms with E-state index in [-0.39, 0.29) is 0 Å². The monoisotopic (exact) mass is 227 g/mol. The van der Waals surface area contributed by atoms with Crippen molar-refractivity contribution in [2.45, 2.75) is 65.5 Å². The predicted octanol–water partition coefficient (Wildman–Crippen LogP) is 3.22. The Morgan fingerprint density at radius 2 is 1.94 bits per heavy atom. The Kier molecular flexibility index (Phi) is 5.26. The van der Waals surface area contributed by atoms with Gasteiger partial charge in [0, 0.05) is 12.6 Å². The summed E-state index contributed by atoms with van der Waals surface area (Å²) in [5.41, 5.74) is 0.466. The van der Waals surface area contributed by atoms with Gasteiger partial charge in [0.15, 0.2) is 0 Å². The van der Waals surface area contributed by atoms with Crippen molar-refractivity contribution < 1.29 is 4.74 Å². The molecular formula is C14H29NO. The van der Waals surface area contributed by atoms with Crippen molar-refractivity contribution in [3.05, 3.63) is 0 Å². The summed E-state index contributed by atoms with van der Waals surface area (Å²) in [5, 5.41) is 3.40. The molecule has 0 aromatic carbocycles. The van der Waals surface area contributed by atoms with E-state index in [4.69, 9.17) is 4.74 Å². The Bertz CT molecular complexity index is 203. The van der Waals surface area contributed by atoms with Gasteiger partial charge in [-0.05, 0) is 44.6 Å². The van der Waals surface area contributed by atoms with Crippen LogP contribution in [0.5, 0.6) is 0 Å². The molecule has 16 heavy (non-hydrogen) atoms. The fourth-order valence-corrected chi connectivity index (χ4v) is 2.86. The summed E-state index contributed by atoms with van der Waals surface area (Å²) in [7, 11) is 2.06. The maximum Gasteiger partial charge on any atom is 0.0730 e. The van der Waals surface area contributed by atoms with Gasteiger partial charge >= 0.3 is 0 Å². The van der Waals surface area contributed by atoms with Crippen LogP contribution in [0.3, 0.4) is 0 Å². The van der Waals surface area contributed by atoms with E-state index in [0.29, 0.717) is 17.6 Å². The molecular weight excluding hydrogens is 198 g/mol. The molecule has 0 saturated heterocycles. The third kappa shape index (κ3) is 3.21. The van der Waals surface area contributed by atoms with Crippen molar-refractivity contribution in [1.29, 1.82) is 0 Å². The van der Waals surface area contributed by atoms with Crippen molar-refractivity contribution in [3.8, 4) is 0 Å². The predicted molar refractivity (Wildman–Crippen MR) is 69.7 cm³/mol. The average molecular weight is 227 g/mol. The van der Waals surface area contributed by atoms with Gasteiger partial charge in [0.1, 0.15) is 0 Å². The molecule has 1 aliphatic rings. The molecule has 3 unspecified atom stereocenters. The van der Waals surface area contributed by atoms with E-state index >= 15 is 0 Å². The highest BCUT2D eigenvalue weighted by Gasteiger charge is 2.36. The fourth-order valence-electron chi connectivity index (χ4n) is 2.86. The SMILES string of the molecule is CCOC1CC(C(C)(C)CC)CCC1NC. The van der Waals surface area contributed by atoms with E-state index in [0.717, 1.165) is 12.5 Å². The van der Waals surface area contributed by atoms with Crippen LogP contribution in [0.15, 0.2) is 0 Å². The lowest BCUT2D eigenvalue weighted by Crippen LogP contribution is -2.46. The van der Waals surface area contributed by atoms with Gasteiger partial charge in [-0.25, -0.2) is 0 Å². The number of nitrogens with one attached hydrogen (secondary N) is 1. The van der Waals surface area contributed by atoms with Gasteiger partial charge in [-0.2, -0.15) is 0 Å². The van der Waals surface area contributed by atoms with Crippen LogP contribution in [0.2, 0.25) is 0 Å². The molecule has 2 nitrogen and oxygen atoms in total. The van der Waals surface area contributed by atoms with Crippen LogP contribution in [0.1, 0.15) is 53.4 Å². The van der Waals surface area contributed by atoms with E-state index in [1.54, 1.807) is 0 Å². The molecule has 3 atom stereocenters. The fraction of sp³-hybridized carbons (Fsp3) is 1.00. The minimum absolute atomic E-state index is 0.416. The number of hydrogen-bond acceptors (Lipinski definition) is 2. The minimum Gasteiger partial charge on any atom is -0.377 e. The summed E-state index contributed by atoms with van der Waals surface area (Å²) < 4.78 is 5.89. The van der Waals surface area contributed by atoms with E-state index in [2.05, 4.69) is 40.1 Å². The van der Waals surface area contributed by atoms with Crippen LogP contribution >= 0.6 is 0 Å². The molecule has 0 heterocycles. The average Bonchev–Trinajstić information content (AvgIpc) is 2.29. The van der Waals surface area contributed by atoms with Gasteiger partial charge in [0.05, 0.1) is 6.10 Å². The smallest absolute Gasteiger partial charge is 0.0730 e.